The Kier molecular flexibility index (Phi) is 1.09. The molecule has 0 saturated heterocycles. The Bertz CT molecular complexity index is 184. The molecule has 3 fully saturated rings. The maximum atomic E-state index is 2.57. The second kappa shape index (κ2) is 1.84. The number of rotatable bonds is 0. The van der Waals surface area contributed by atoms with Crippen LogP contribution in [0, 0.1) is 23.2 Å². The minimum atomic E-state index is 0.834. The fraction of sp³-hybridized carbons (Fsp3) is 1.00. The number of fused-ring (bicyclic) bond motifs is 3. The first-order chi connectivity index (χ1) is 5.31. The van der Waals surface area contributed by atoms with Gasteiger partial charge in [-0.15, -0.1) is 0 Å². The first kappa shape index (κ1) is 6.51. The third-order valence-electron chi connectivity index (χ3n) is 5.06. The molecule has 0 heteroatoms. The fourth-order valence-corrected chi connectivity index (χ4v) is 4.23. The highest BCUT2D eigenvalue weighted by atomic mass is 14.6. The monoisotopic (exact) mass is 150 g/mol. The minimum absolute atomic E-state index is 0.834. The van der Waals surface area contributed by atoms with E-state index >= 15 is 0 Å². The molecule has 62 valence electrons. The van der Waals surface area contributed by atoms with Crippen molar-refractivity contribution < 1.29 is 0 Å². The van der Waals surface area contributed by atoms with Gasteiger partial charge >= 0.3 is 0 Å². The Morgan fingerprint density at radius 2 is 2.09 bits per heavy atom. The van der Waals surface area contributed by atoms with Crippen molar-refractivity contribution in [1.82, 2.24) is 0 Å². The van der Waals surface area contributed by atoms with E-state index in [1.165, 1.54) is 6.42 Å². The van der Waals surface area contributed by atoms with Gasteiger partial charge in [0.2, 0.25) is 0 Å². The van der Waals surface area contributed by atoms with Crippen LogP contribution in [0.15, 0.2) is 0 Å². The molecule has 0 heterocycles. The maximum Gasteiger partial charge on any atom is -0.0266 e. The molecule has 0 aromatic rings. The highest BCUT2D eigenvalue weighted by molar-refractivity contribution is 5.07. The molecule has 3 saturated carbocycles. The van der Waals surface area contributed by atoms with Crippen molar-refractivity contribution >= 4 is 0 Å². The average molecular weight is 150 g/mol. The van der Waals surface area contributed by atoms with Crippen LogP contribution in [0.25, 0.3) is 0 Å². The van der Waals surface area contributed by atoms with Gasteiger partial charge in [-0.05, 0) is 48.9 Å². The predicted molar refractivity (Wildman–Crippen MR) is 46.3 cm³/mol. The molecule has 0 aromatic heterocycles. The smallest absolute Gasteiger partial charge is 0.0266 e. The fourth-order valence-electron chi connectivity index (χ4n) is 4.23. The van der Waals surface area contributed by atoms with Crippen molar-refractivity contribution in [3.05, 3.63) is 0 Å². The van der Waals surface area contributed by atoms with E-state index in [0.29, 0.717) is 0 Å². The molecular weight excluding hydrogens is 132 g/mol. The zero-order valence-electron chi connectivity index (χ0n) is 7.47. The van der Waals surface area contributed by atoms with Crippen LogP contribution in [0.5, 0.6) is 0 Å². The standard InChI is InChI=1S/C11H18/c1-11-6-5-9(11)7-8-3-2-4-10(8)11/h8-10H,2-7H2,1H3/t8-,9+,10+,11+/m1/s1. The van der Waals surface area contributed by atoms with Crippen molar-refractivity contribution in [2.75, 3.05) is 0 Å². The quantitative estimate of drug-likeness (QED) is 0.497. The molecule has 4 atom stereocenters. The molecular formula is C11H18. The average Bonchev–Trinajstić information content (AvgIpc) is 2.49. The van der Waals surface area contributed by atoms with Gasteiger partial charge in [0.05, 0.1) is 0 Å². The van der Waals surface area contributed by atoms with Gasteiger partial charge in [0.1, 0.15) is 0 Å². The summed E-state index contributed by atoms with van der Waals surface area (Å²) in [5, 5.41) is 0. The zero-order chi connectivity index (χ0) is 7.47. The lowest BCUT2D eigenvalue weighted by molar-refractivity contribution is 0.0384. The molecule has 0 nitrogen and oxygen atoms in total. The SMILES string of the molecule is C[C@]12CC[C@H]1C[C@H]1CCC[C@@H]12. The highest BCUT2D eigenvalue weighted by Gasteiger charge is 2.57. The third kappa shape index (κ3) is 0.625. The van der Waals surface area contributed by atoms with Crippen LogP contribution in [0.2, 0.25) is 0 Å². The van der Waals surface area contributed by atoms with E-state index in [9.17, 15) is 0 Å². The van der Waals surface area contributed by atoms with E-state index in [2.05, 4.69) is 6.92 Å². The van der Waals surface area contributed by atoms with Crippen molar-refractivity contribution in [2.24, 2.45) is 23.2 Å². The van der Waals surface area contributed by atoms with Crippen molar-refractivity contribution in [3.63, 3.8) is 0 Å². The van der Waals surface area contributed by atoms with Crippen LogP contribution in [0.3, 0.4) is 0 Å². The van der Waals surface area contributed by atoms with E-state index in [1.807, 2.05) is 0 Å². The molecule has 0 N–H and O–H groups in total. The van der Waals surface area contributed by atoms with Crippen LogP contribution in [-0.2, 0) is 0 Å². The van der Waals surface area contributed by atoms with Gasteiger partial charge in [-0.1, -0.05) is 19.8 Å². The summed E-state index contributed by atoms with van der Waals surface area (Å²) in [6, 6.07) is 0. The van der Waals surface area contributed by atoms with E-state index < -0.39 is 0 Å². The Hall–Kier alpha value is 0. The summed E-state index contributed by atoms with van der Waals surface area (Å²) in [5.41, 5.74) is 0.834. The van der Waals surface area contributed by atoms with Crippen LogP contribution in [0.1, 0.15) is 45.4 Å². The van der Waals surface area contributed by atoms with Gasteiger partial charge in [0.15, 0.2) is 0 Å². The first-order valence-electron chi connectivity index (χ1n) is 5.31. The number of hydrogen-bond donors (Lipinski definition) is 0. The molecule has 0 aliphatic heterocycles. The Balaban J connectivity index is 1.92. The van der Waals surface area contributed by atoms with E-state index in [4.69, 9.17) is 0 Å². The molecule has 11 heavy (non-hydrogen) atoms. The highest BCUT2D eigenvalue weighted by Crippen LogP contribution is 2.66. The summed E-state index contributed by atoms with van der Waals surface area (Å²) in [6.07, 6.45) is 9.38. The summed E-state index contributed by atoms with van der Waals surface area (Å²) in [7, 11) is 0. The van der Waals surface area contributed by atoms with Crippen LogP contribution < -0.4 is 0 Å². The van der Waals surface area contributed by atoms with Crippen molar-refractivity contribution in [2.45, 2.75) is 45.4 Å². The normalized spacial score (nSPS) is 60.3. The molecule has 3 aliphatic carbocycles. The van der Waals surface area contributed by atoms with Gasteiger partial charge in [0.25, 0.3) is 0 Å². The lowest BCUT2D eigenvalue weighted by Crippen LogP contribution is -2.37. The second-order valence-electron chi connectivity index (χ2n) is 5.27. The molecule has 0 bridgehead atoms. The van der Waals surface area contributed by atoms with Crippen LogP contribution in [0.4, 0.5) is 0 Å². The summed E-state index contributed by atoms with van der Waals surface area (Å²) in [4.78, 5) is 0. The molecule has 0 radical (unpaired) electrons. The predicted octanol–water partition coefficient (Wildman–Crippen LogP) is 3.22. The van der Waals surface area contributed by atoms with Crippen molar-refractivity contribution in [3.8, 4) is 0 Å². The van der Waals surface area contributed by atoms with Gasteiger partial charge in [-0.2, -0.15) is 0 Å². The van der Waals surface area contributed by atoms with Crippen LogP contribution >= 0.6 is 0 Å². The Morgan fingerprint density at radius 1 is 1.18 bits per heavy atom. The number of hydrogen-bond acceptors (Lipinski definition) is 0. The van der Waals surface area contributed by atoms with Crippen LogP contribution in [-0.4, -0.2) is 0 Å². The van der Waals surface area contributed by atoms with Gasteiger partial charge in [-0.3, -0.25) is 0 Å². The topological polar surface area (TPSA) is 0 Å². The molecule has 3 aliphatic rings. The third-order valence-corrected chi connectivity index (χ3v) is 5.06. The maximum absolute atomic E-state index is 2.57. The lowest BCUT2D eigenvalue weighted by atomic mass is 9.59. The van der Waals surface area contributed by atoms with E-state index in [-0.39, 0.29) is 0 Å². The van der Waals surface area contributed by atoms with E-state index in [0.717, 1.165) is 23.2 Å². The minimum Gasteiger partial charge on any atom is -0.0591 e. The molecule has 0 aromatic carbocycles. The Morgan fingerprint density at radius 3 is 2.82 bits per heavy atom. The van der Waals surface area contributed by atoms with Gasteiger partial charge < -0.3 is 0 Å². The largest absolute Gasteiger partial charge is 0.0591 e. The zero-order valence-corrected chi connectivity index (χ0v) is 7.47. The van der Waals surface area contributed by atoms with Crippen molar-refractivity contribution in [1.29, 1.82) is 0 Å². The summed E-state index contributed by atoms with van der Waals surface area (Å²) in [6.45, 7) is 2.57. The summed E-state index contributed by atoms with van der Waals surface area (Å²) >= 11 is 0. The summed E-state index contributed by atoms with van der Waals surface area (Å²) in [5.74, 6) is 3.46. The second-order valence-corrected chi connectivity index (χ2v) is 5.27. The Labute approximate surface area is 69.4 Å². The lowest BCUT2D eigenvalue weighted by Gasteiger charge is -2.46. The molecule has 0 unspecified atom stereocenters. The molecule has 0 amide bonds. The molecule has 0 spiro atoms. The van der Waals surface area contributed by atoms with E-state index in [1.54, 1.807) is 32.1 Å². The van der Waals surface area contributed by atoms with Gasteiger partial charge in [-0.25, -0.2) is 0 Å². The summed E-state index contributed by atoms with van der Waals surface area (Å²) < 4.78 is 0. The van der Waals surface area contributed by atoms with Gasteiger partial charge in [0, 0.05) is 0 Å². The first-order valence-corrected chi connectivity index (χ1v) is 5.31. The molecule has 3 rings (SSSR count).